The Hall–Kier alpha value is -2.18. The first-order chi connectivity index (χ1) is 12.9. The molecule has 2 aromatic rings. The van der Waals surface area contributed by atoms with Gasteiger partial charge in [-0.1, -0.05) is 49.4 Å². The first kappa shape index (κ1) is 21.1. The molecule has 2 rings (SSSR count). The highest BCUT2D eigenvalue weighted by molar-refractivity contribution is 7.91. The Bertz CT molecular complexity index is 817. The van der Waals surface area contributed by atoms with E-state index in [-0.39, 0.29) is 22.5 Å². The first-order valence-corrected chi connectivity index (χ1v) is 10.8. The van der Waals surface area contributed by atoms with Crippen molar-refractivity contribution >= 4 is 15.7 Å². The summed E-state index contributed by atoms with van der Waals surface area (Å²) >= 11 is 0. The molecule has 6 heteroatoms. The molecule has 0 aliphatic carbocycles. The van der Waals surface area contributed by atoms with Crippen molar-refractivity contribution in [3.05, 3.63) is 65.7 Å². The number of carbonyl (C=O) groups is 1. The maximum absolute atomic E-state index is 12.2. The molecule has 0 unspecified atom stereocenters. The Kier molecular flexibility index (Phi) is 8.00. The number of aliphatic hydroxyl groups is 1. The molecule has 0 aliphatic rings. The quantitative estimate of drug-likeness (QED) is 0.654. The molecule has 0 saturated carbocycles. The highest BCUT2D eigenvalue weighted by atomic mass is 32.2. The van der Waals surface area contributed by atoms with Crippen LogP contribution in [-0.2, 0) is 27.6 Å². The number of aliphatic hydroxyl groups excluding tert-OH is 1. The zero-order chi connectivity index (χ0) is 19.7. The second kappa shape index (κ2) is 10.2. The Balaban J connectivity index is 1.77. The third-order valence-corrected chi connectivity index (χ3v) is 6.21. The summed E-state index contributed by atoms with van der Waals surface area (Å²) in [5.74, 6) is -0.359. The first-order valence-electron chi connectivity index (χ1n) is 9.16. The maximum Gasteiger partial charge on any atom is 0.223 e. The minimum Gasteiger partial charge on any atom is -0.395 e. The van der Waals surface area contributed by atoms with Gasteiger partial charge in [0.1, 0.15) is 0 Å². The number of hydrogen-bond donors (Lipinski definition) is 2. The number of carbonyl (C=O) groups excluding carboxylic acids is 1. The number of nitrogens with one attached hydrogen (secondary N) is 1. The normalized spacial score (nSPS) is 12.5. The van der Waals surface area contributed by atoms with E-state index in [2.05, 4.69) is 17.4 Å². The molecule has 146 valence electrons. The van der Waals surface area contributed by atoms with E-state index in [4.69, 9.17) is 5.11 Å². The Labute approximate surface area is 161 Å². The third-order valence-electron chi connectivity index (χ3n) is 4.50. The summed E-state index contributed by atoms with van der Waals surface area (Å²) in [5.41, 5.74) is 2.11. The van der Waals surface area contributed by atoms with E-state index < -0.39 is 16.4 Å². The average Bonchev–Trinajstić information content (AvgIpc) is 2.67. The van der Waals surface area contributed by atoms with Crippen LogP contribution in [0.2, 0.25) is 0 Å². The molecular formula is C21H27NO4S. The minimum absolute atomic E-state index is 0.0000373. The summed E-state index contributed by atoms with van der Waals surface area (Å²) in [6, 6.07) is 16.6. The van der Waals surface area contributed by atoms with Crippen LogP contribution in [0.1, 0.15) is 30.9 Å². The molecule has 0 aliphatic heterocycles. The highest BCUT2D eigenvalue weighted by Gasteiger charge is 2.14. The van der Waals surface area contributed by atoms with Crippen LogP contribution in [-0.4, -0.2) is 31.8 Å². The van der Waals surface area contributed by atoms with Gasteiger partial charge in [-0.25, -0.2) is 8.42 Å². The topological polar surface area (TPSA) is 83.5 Å². The average molecular weight is 390 g/mol. The predicted octanol–water partition coefficient (Wildman–Crippen LogP) is 2.73. The van der Waals surface area contributed by atoms with Crippen molar-refractivity contribution in [2.24, 2.45) is 5.92 Å². The van der Waals surface area contributed by atoms with Crippen LogP contribution in [0.15, 0.2) is 59.5 Å². The van der Waals surface area contributed by atoms with Crippen LogP contribution < -0.4 is 5.32 Å². The van der Waals surface area contributed by atoms with Gasteiger partial charge in [0.15, 0.2) is 9.84 Å². The monoisotopic (exact) mass is 389 g/mol. The second-order valence-electron chi connectivity index (χ2n) is 6.68. The SMILES string of the molecule is C[C@H](CCCc1ccccc1)C(=O)NCc1ccc(S(=O)(=O)CCO)cc1. The summed E-state index contributed by atoms with van der Waals surface area (Å²) in [6.07, 6.45) is 2.73. The molecule has 1 atom stereocenters. The van der Waals surface area contributed by atoms with E-state index in [0.717, 1.165) is 24.8 Å². The lowest BCUT2D eigenvalue weighted by Gasteiger charge is -2.12. The van der Waals surface area contributed by atoms with Gasteiger partial charge < -0.3 is 10.4 Å². The van der Waals surface area contributed by atoms with Crippen LogP contribution in [0.5, 0.6) is 0 Å². The number of amides is 1. The van der Waals surface area contributed by atoms with Crippen LogP contribution in [0, 0.1) is 5.92 Å². The van der Waals surface area contributed by atoms with E-state index in [1.165, 1.54) is 17.7 Å². The smallest absolute Gasteiger partial charge is 0.223 e. The van der Waals surface area contributed by atoms with Gasteiger partial charge in [-0.15, -0.1) is 0 Å². The van der Waals surface area contributed by atoms with Crippen LogP contribution in [0.4, 0.5) is 0 Å². The van der Waals surface area contributed by atoms with Crippen LogP contribution in [0.3, 0.4) is 0 Å². The van der Waals surface area contributed by atoms with Crippen molar-refractivity contribution < 1.29 is 18.3 Å². The number of sulfone groups is 1. The molecule has 5 nitrogen and oxygen atoms in total. The fourth-order valence-electron chi connectivity index (χ4n) is 2.80. The lowest BCUT2D eigenvalue weighted by atomic mass is 10.0. The van der Waals surface area contributed by atoms with Gasteiger partial charge in [0.25, 0.3) is 0 Å². The lowest BCUT2D eigenvalue weighted by Crippen LogP contribution is -2.28. The van der Waals surface area contributed by atoms with Crippen molar-refractivity contribution in [2.45, 2.75) is 37.6 Å². The number of aryl methyl sites for hydroxylation is 1. The Morgan fingerprint density at radius 2 is 1.70 bits per heavy atom. The van der Waals surface area contributed by atoms with Gasteiger partial charge in [-0.2, -0.15) is 0 Å². The zero-order valence-electron chi connectivity index (χ0n) is 15.6. The minimum atomic E-state index is -3.44. The highest BCUT2D eigenvalue weighted by Crippen LogP contribution is 2.14. The van der Waals surface area contributed by atoms with E-state index in [0.29, 0.717) is 6.54 Å². The van der Waals surface area contributed by atoms with E-state index in [1.807, 2.05) is 25.1 Å². The molecule has 0 aromatic heterocycles. The fourth-order valence-corrected chi connectivity index (χ4v) is 3.83. The summed E-state index contributed by atoms with van der Waals surface area (Å²) in [7, 11) is -3.44. The third kappa shape index (κ3) is 6.81. The maximum atomic E-state index is 12.2. The Morgan fingerprint density at radius 1 is 1.04 bits per heavy atom. The molecule has 0 fully saturated rings. The zero-order valence-corrected chi connectivity index (χ0v) is 16.4. The summed E-state index contributed by atoms with van der Waals surface area (Å²) in [4.78, 5) is 12.4. The molecular weight excluding hydrogens is 362 g/mol. The van der Waals surface area contributed by atoms with Crippen molar-refractivity contribution in [2.75, 3.05) is 12.4 Å². The Morgan fingerprint density at radius 3 is 2.33 bits per heavy atom. The molecule has 0 saturated heterocycles. The van der Waals surface area contributed by atoms with Gasteiger partial charge in [-0.05, 0) is 42.5 Å². The van der Waals surface area contributed by atoms with Crippen LogP contribution >= 0.6 is 0 Å². The number of benzene rings is 2. The molecule has 0 radical (unpaired) electrons. The fraction of sp³-hybridized carbons (Fsp3) is 0.381. The van der Waals surface area contributed by atoms with E-state index >= 15 is 0 Å². The molecule has 0 heterocycles. The molecule has 1 amide bonds. The van der Waals surface area contributed by atoms with E-state index in [1.54, 1.807) is 12.1 Å². The van der Waals surface area contributed by atoms with E-state index in [9.17, 15) is 13.2 Å². The van der Waals surface area contributed by atoms with Crippen molar-refractivity contribution in [1.29, 1.82) is 0 Å². The van der Waals surface area contributed by atoms with Gasteiger partial charge in [-0.3, -0.25) is 4.79 Å². The summed E-state index contributed by atoms with van der Waals surface area (Å²) < 4.78 is 23.7. The van der Waals surface area contributed by atoms with Crippen molar-refractivity contribution in [3.63, 3.8) is 0 Å². The number of hydrogen-bond acceptors (Lipinski definition) is 4. The standard InChI is InChI=1S/C21H27NO4S/c1-17(6-5-9-18-7-3-2-4-8-18)21(24)22-16-19-10-12-20(13-11-19)27(25,26)15-14-23/h2-4,7-8,10-13,17,23H,5-6,9,14-16H2,1H3,(H,22,24)/t17-/m1/s1. The molecule has 2 aromatic carbocycles. The largest absolute Gasteiger partial charge is 0.395 e. The molecule has 0 bridgehead atoms. The molecule has 0 spiro atoms. The molecule has 2 N–H and O–H groups in total. The summed E-state index contributed by atoms with van der Waals surface area (Å²) in [5, 5.41) is 11.7. The van der Waals surface area contributed by atoms with Gasteiger partial charge in [0.2, 0.25) is 5.91 Å². The van der Waals surface area contributed by atoms with Gasteiger partial charge in [0.05, 0.1) is 17.3 Å². The predicted molar refractivity (Wildman–Crippen MR) is 106 cm³/mol. The summed E-state index contributed by atoms with van der Waals surface area (Å²) in [6.45, 7) is 1.88. The van der Waals surface area contributed by atoms with Crippen molar-refractivity contribution in [1.82, 2.24) is 5.32 Å². The van der Waals surface area contributed by atoms with Gasteiger partial charge in [0, 0.05) is 12.5 Å². The molecule has 27 heavy (non-hydrogen) atoms. The van der Waals surface area contributed by atoms with Crippen molar-refractivity contribution in [3.8, 4) is 0 Å². The number of rotatable bonds is 10. The van der Waals surface area contributed by atoms with Gasteiger partial charge >= 0.3 is 0 Å². The van der Waals surface area contributed by atoms with Crippen LogP contribution in [0.25, 0.3) is 0 Å². The second-order valence-corrected chi connectivity index (χ2v) is 8.79. The lowest BCUT2D eigenvalue weighted by molar-refractivity contribution is -0.124.